The molecule has 0 saturated carbocycles. The second-order valence-corrected chi connectivity index (χ2v) is 6.54. The van der Waals surface area contributed by atoms with Crippen molar-refractivity contribution in [2.24, 2.45) is 0 Å². The van der Waals surface area contributed by atoms with Gasteiger partial charge in [0.1, 0.15) is 11.3 Å². The fourth-order valence-corrected chi connectivity index (χ4v) is 3.16. The molecule has 0 aliphatic carbocycles. The standard InChI is InChI=1S/C17H23N5O3/c1-5-13-15(10(2)20-25-13)16(24)22-7-6-11(9-22)12-8-14(23)19-17(18-12)21(3)4/h8,11H,5-7,9H2,1-4H3,(H,18,19,23)/t11-/m1/s1. The van der Waals surface area contributed by atoms with Crippen molar-refractivity contribution in [3.05, 3.63) is 39.1 Å². The van der Waals surface area contributed by atoms with Crippen molar-refractivity contribution in [1.29, 1.82) is 0 Å². The molecule has 0 unspecified atom stereocenters. The molecule has 0 radical (unpaired) electrons. The Hall–Kier alpha value is -2.64. The van der Waals surface area contributed by atoms with E-state index in [2.05, 4.69) is 15.1 Å². The van der Waals surface area contributed by atoms with Crippen LogP contribution in [0, 0.1) is 6.92 Å². The summed E-state index contributed by atoms with van der Waals surface area (Å²) in [4.78, 5) is 35.5. The summed E-state index contributed by atoms with van der Waals surface area (Å²) >= 11 is 0. The van der Waals surface area contributed by atoms with Crippen molar-refractivity contribution in [1.82, 2.24) is 20.0 Å². The first kappa shape index (κ1) is 17.2. The van der Waals surface area contributed by atoms with Gasteiger partial charge in [0.25, 0.3) is 11.5 Å². The molecule has 1 fully saturated rings. The molecule has 8 heteroatoms. The van der Waals surface area contributed by atoms with Gasteiger partial charge in [-0.3, -0.25) is 14.6 Å². The first-order valence-corrected chi connectivity index (χ1v) is 8.43. The molecule has 3 rings (SSSR count). The fraction of sp³-hybridized carbons (Fsp3) is 0.529. The predicted octanol–water partition coefficient (Wildman–Crippen LogP) is 1.32. The van der Waals surface area contributed by atoms with Crippen LogP contribution in [0.5, 0.6) is 0 Å². The summed E-state index contributed by atoms with van der Waals surface area (Å²) in [5.74, 6) is 1.14. The van der Waals surface area contributed by atoms with Gasteiger partial charge >= 0.3 is 0 Å². The van der Waals surface area contributed by atoms with Gasteiger partial charge in [-0.05, 0) is 13.3 Å². The number of nitrogens with one attached hydrogen (secondary N) is 1. The first-order chi connectivity index (χ1) is 11.9. The van der Waals surface area contributed by atoms with Crippen LogP contribution in [-0.4, -0.2) is 53.1 Å². The monoisotopic (exact) mass is 345 g/mol. The highest BCUT2D eigenvalue weighted by Crippen LogP contribution is 2.28. The van der Waals surface area contributed by atoms with Gasteiger partial charge in [-0.2, -0.15) is 0 Å². The van der Waals surface area contributed by atoms with E-state index in [1.165, 1.54) is 6.07 Å². The number of carbonyl (C=O) groups excluding carboxylic acids is 1. The Morgan fingerprint density at radius 2 is 2.24 bits per heavy atom. The molecule has 2 aromatic rings. The molecule has 134 valence electrons. The summed E-state index contributed by atoms with van der Waals surface area (Å²) in [5.41, 5.74) is 1.73. The Labute approximate surface area is 145 Å². The van der Waals surface area contributed by atoms with E-state index < -0.39 is 0 Å². The van der Waals surface area contributed by atoms with Crippen molar-refractivity contribution in [3.63, 3.8) is 0 Å². The predicted molar refractivity (Wildman–Crippen MR) is 93.1 cm³/mol. The molecule has 1 atom stereocenters. The summed E-state index contributed by atoms with van der Waals surface area (Å²) in [5, 5.41) is 3.91. The summed E-state index contributed by atoms with van der Waals surface area (Å²) in [7, 11) is 3.65. The van der Waals surface area contributed by atoms with Crippen LogP contribution < -0.4 is 10.5 Å². The lowest BCUT2D eigenvalue weighted by molar-refractivity contribution is 0.0788. The molecule has 0 aromatic carbocycles. The normalized spacial score (nSPS) is 17.1. The zero-order chi connectivity index (χ0) is 18.1. The van der Waals surface area contributed by atoms with E-state index in [-0.39, 0.29) is 17.4 Å². The van der Waals surface area contributed by atoms with E-state index in [1.54, 1.807) is 16.7 Å². The van der Waals surface area contributed by atoms with Gasteiger partial charge in [-0.1, -0.05) is 12.1 Å². The number of hydrogen-bond donors (Lipinski definition) is 1. The van der Waals surface area contributed by atoms with E-state index in [0.29, 0.717) is 42.5 Å². The number of H-pyrrole nitrogens is 1. The van der Waals surface area contributed by atoms with Crippen LogP contribution in [0.3, 0.4) is 0 Å². The number of likely N-dealkylation sites (tertiary alicyclic amines) is 1. The summed E-state index contributed by atoms with van der Waals surface area (Å²) in [6.45, 7) is 4.89. The quantitative estimate of drug-likeness (QED) is 0.898. The first-order valence-electron chi connectivity index (χ1n) is 8.43. The third-order valence-corrected chi connectivity index (χ3v) is 4.53. The molecule has 1 amide bonds. The molecule has 0 bridgehead atoms. The Kier molecular flexibility index (Phi) is 4.61. The van der Waals surface area contributed by atoms with Crippen LogP contribution in [0.4, 0.5) is 5.95 Å². The molecule has 1 aliphatic rings. The van der Waals surface area contributed by atoms with Crippen LogP contribution in [0.25, 0.3) is 0 Å². The second kappa shape index (κ2) is 6.70. The maximum atomic E-state index is 12.9. The van der Waals surface area contributed by atoms with E-state index in [9.17, 15) is 9.59 Å². The van der Waals surface area contributed by atoms with Crippen molar-refractivity contribution >= 4 is 11.9 Å². The average Bonchev–Trinajstić information content (AvgIpc) is 3.20. The van der Waals surface area contributed by atoms with Crippen LogP contribution in [-0.2, 0) is 6.42 Å². The molecule has 0 spiro atoms. The number of aryl methyl sites for hydroxylation is 2. The minimum absolute atomic E-state index is 0.0511. The molecule has 8 nitrogen and oxygen atoms in total. The van der Waals surface area contributed by atoms with Crippen LogP contribution >= 0.6 is 0 Å². The highest BCUT2D eigenvalue weighted by molar-refractivity contribution is 5.96. The summed E-state index contributed by atoms with van der Waals surface area (Å²) < 4.78 is 5.23. The van der Waals surface area contributed by atoms with Gasteiger partial charge in [0.2, 0.25) is 5.95 Å². The Bertz CT molecular complexity index is 839. The number of hydrogen-bond acceptors (Lipinski definition) is 6. The van der Waals surface area contributed by atoms with Gasteiger partial charge in [-0.25, -0.2) is 4.98 Å². The second-order valence-electron chi connectivity index (χ2n) is 6.54. The third-order valence-electron chi connectivity index (χ3n) is 4.53. The van der Waals surface area contributed by atoms with Crippen molar-refractivity contribution in [2.45, 2.75) is 32.6 Å². The Morgan fingerprint density at radius 1 is 1.48 bits per heavy atom. The highest BCUT2D eigenvalue weighted by Gasteiger charge is 2.32. The third kappa shape index (κ3) is 3.29. The lowest BCUT2D eigenvalue weighted by atomic mass is 10.0. The van der Waals surface area contributed by atoms with Crippen LogP contribution in [0.1, 0.15) is 46.8 Å². The van der Waals surface area contributed by atoms with Crippen molar-refractivity contribution in [2.75, 3.05) is 32.1 Å². The smallest absolute Gasteiger partial charge is 0.259 e. The zero-order valence-corrected chi connectivity index (χ0v) is 15.0. The number of aromatic amines is 1. The van der Waals surface area contributed by atoms with Gasteiger partial charge in [-0.15, -0.1) is 0 Å². The lowest BCUT2D eigenvalue weighted by Gasteiger charge is -2.17. The molecule has 1 aliphatic heterocycles. The van der Waals surface area contributed by atoms with Gasteiger partial charge in [0, 0.05) is 45.6 Å². The van der Waals surface area contributed by atoms with Crippen molar-refractivity contribution < 1.29 is 9.32 Å². The minimum atomic E-state index is -0.179. The van der Waals surface area contributed by atoms with E-state index >= 15 is 0 Å². The number of rotatable bonds is 4. The molecule has 25 heavy (non-hydrogen) atoms. The van der Waals surface area contributed by atoms with Crippen LogP contribution in [0.15, 0.2) is 15.4 Å². The van der Waals surface area contributed by atoms with E-state index in [4.69, 9.17) is 4.52 Å². The van der Waals surface area contributed by atoms with E-state index in [0.717, 1.165) is 12.1 Å². The molecule has 3 heterocycles. The zero-order valence-electron chi connectivity index (χ0n) is 15.0. The Morgan fingerprint density at radius 3 is 2.92 bits per heavy atom. The molecular weight excluding hydrogens is 322 g/mol. The fourth-order valence-electron chi connectivity index (χ4n) is 3.16. The SMILES string of the molecule is CCc1onc(C)c1C(=O)N1CC[C@@H](c2cc(=O)[nH]c(N(C)C)n2)C1. The maximum Gasteiger partial charge on any atom is 0.259 e. The van der Waals surface area contributed by atoms with Gasteiger partial charge in [0.15, 0.2) is 0 Å². The van der Waals surface area contributed by atoms with Crippen LogP contribution in [0.2, 0.25) is 0 Å². The Balaban J connectivity index is 1.81. The van der Waals surface area contributed by atoms with Gasteiger partial charge < -0.3 is 14.3 Å². The molecule has 1 saturated heterocycles. The minimum Gasteiger partial charge on any atom is -0.360 e. The van der Waals surface area contributed by atoms with Crippen molar-refractivity contribution in [3.8, 4) is 0 Å². The largest absolute Gasteiger partial charge is 0.360 e. The summed E-state index contributed by atoms with van der Waals surface area (Å²) in [6, 6.07) is 1.52. The molecule has 1 N–H and O–H groups in total. The van der Waals surface area contributed by atoms with Gasteiger partial charge in [0.05, 0.1) is 11.4 Å². The van der Waals surface area contributed by atoms with E-state index in [1.807, 2.05) is 21.0 Å². The number of amides is 1. The average molecular weight is 345 g/mol. The number of anilines is 1. The lowest BCUT2D eigenvalue weighted by Crippen LogP contribution is -2.29. The summed E-state index contributed by atoms with van der Waals surface area (Å²) in [6.07, 6.45) is 1.40. The number of nitrogens with zero attached hydrogens (tertiary/aromatic N) is 4. The topological polar surface area (TPSA) is 95.3 Å². The number of aromatic nitrogens is 3. The maximum absolute atomic E-state index is 12.9. The molecule has 2 aromatic heterocycles. The number of carbonyl (C=O) groups is 1. The molecular formula is C17H23N5O3. The highest BCUT2D eigenvalue weighted by atomic mass is 16.5.